The molecule has 0 aromatic carbocycles. The van der Waals surface area contributed by atoms with E-state index in [-0.39, 0.29) is 6.10 Å². The molecule has 0 aliphatic carbocycles. The number of rotatable bonds is 24. The number of anilines is 6. The van der Waals surface area contributed by atoms with Crippen LogP contribution in [0.15, 0.2) is 112 Å². The fourth-order valence-electron chi connectivity index (χ4n) is 18.2. The minimum Gasteiger partial charge on any atom is -0.397 e. The second-order valence-electron chi connectivity index (χ2n) is 42.9. The summed E-state index contributed by atoms with van der Waals surface area (Å²) in [6, 6.07) is 10.1. The van der Waals surface area contributed by atoms with Crippen molar-refractivity contribution in [1.29, 1.82) is 0 Å². The van der Waals surface area contributed by atoms with E-state index >= 15 is 0 Å². The van der Waals surface area contributed by atoms with E-state index in [0.29, 0.717) is 133 Å². The Labute approximate surface area is 831 Å². The number of imidazole rings is 6. The van der Waals surface area contributed by atoms with Gasteiger partial charge in [0, 0.05) is 37.2 Å². The van der Waals surface area contributed by atoms with E-state index in [0.717, 1.165) is 49.8 Å². The van der Waals surface area contributed by atoms with Crippen molar-refractivity contribution in [3.8, 4) is 0 Å². The van der Waals surface area contributed by atoms with Crippen LogP contribution in [-0.4, -0.2) is 402 Å². The molecule has 48 heteroatoms. The van der Waals surface area contributed by atoms with Gasteiger partial charge in [-0.15, -0.1) is 90.7 Å². The molecule has 0 spiro atoms. The van der Waals surface area contributed by atoms with Crippen LogP contribution in [-0.2, 0) is 33.2 Å². The third kappa shape index (κ3) is 23.8. The molecule has 7 aliphatic heterocycles. The van der Waals surface area contributed by atoms with Crippen LogP contribution in [0.25, 0.3) is 67.0 Å². The minimum absolute atomic E-state index is 0.304. The molecule has 7 fully saturated rings. The maximum absolute atomic E-state index is 14.6. The number of nitrogens with zero attached hydrogens (tertiary/aromatic N) is 18. The number of aliphatic hydroxyl groups excluding tert-OH is 7. The third-order valence-electron chi connectivity index (χ3n) is 26.7. The van der Waals surface area contributed by atoms with Crippen LogP contribution in [0.3, 0.4) is 0 Å². The van der Waals surface area contributed by atoms with Crippen LogP contribution in [0.1, 0.15) is 96.7 Å². The number of nitrogens with two attached hydrogens (primary N) is 6. The van der Waals surface area contributed by atoms with Gasteiger partial charge in [-0.05, 0) is 213 Å². The summed E-state index contributed by atoms with van der Waals surface area (Å²) < 4.78 is 66.6. The van der Waals surface area contributed by atoms with E-state index in [1.54, 1.807) is 137 Å². The number of pyridine rings is 6. The molecular weight excluding hydrogens is 1960 g/mol. The van der Waals surface area contributed by atoms with Crippen LogP contribution < -0.4 is 34.4 Å². The number of aromatic nitrogens is 18. The first-order valence-corrected chi connectivity index (χ1v) is 65.5. The summed E-state index contributed by atoms with van der Waals surface area (Å²) in [6.07, 6.45) is 38.9. The molecule has 12 aromatic heterocycles. The van der Waals surface area contributed by atoms with Crippen molar-refractivity contribution in [3.05, 3.63) is 112 Å². The average Bonchev–Trinajstić information content (AvgIpc) is 1.57. The molecule has 7 saturated heterocycles. The molecule has 778 valence electrons. The molecular formula is C94H142ClFN24O16P6. The first-order chi connectivity index (χ1) is 66.2. The van der Waals surface area contributed by atoms with Crippen molar-refractivity contribution in [2.75, 3.05) is 158 Å². The maximum Gasteiger partial charge on any atom is 0.173 e. The van der Waals surface area contributed by atoms with E-state index < -0.39 is 180 Å². The fourth-order valence-corrected chi connectivity index (χ4v) is 24.4. The summed E-state index contributed by atoms with van der Waals surface area (Å²) >= 11 is 6.42. The van der Waals surface area contributed by atoms with Crippen LogP contribution >= 0.6 is 52.9 Å². The van der Waals surface area contributed by atoms with Crippen molar-refractivity contribution < 1.29 is 83.5 Å². The Morgan fingerprint density at radius 3 is 0.993 bits per heavy atom. The Morgan fingerprint density at radius 1 is 0.359 bits per heavy atom. The highest BCUT2D eigenvalue weighted by Crippen LogP contribution is 2.53. The van der Waals surface area contributed by atoms with Gasteiger partial charge in [0.25, 0.3) is 0 Å². The zero-order valence-electron chi connectivity index (χ0n) is 83.2. The SMILES string of the molecule is C=P(C)(C)CCC1OC(n2cnc3c(N)ccnc32)[C@@](C)(O)[C@@H]1O.C=P(C)(C)CCC1OC(n2cnc3c(N)ccnc32)[C@H](Cl)[C@@H]1O.C=P(C)(C)CCC1OC(n2cnc3c(N)ccnc32)[C@H](F)[C@@H]1O.C=P(C)(C)CCC1OC(n2cnc3c(N)ccnc32)[C@](C)(O)[C@@H]1O.C=P(C)(C)CC[C@@]1(C)OC(n2cnc3c(N)ccnc32)[C@H](O)[C@@H]1O.C=P(C)(C)CC[C@@]12CO[C@@H](C(n3cnc4c(N)ccnc43)O1)[C@@H]2O. The van der Waals surface area contributed by atoms with Gasteiger partial charge >= 0.3 is 0 Å². The van der Waals surface area contributed by atoms with Gasteiger partial charge in [0.05, 0.1) is 109 Å². The molecule has 24 atom stereocenters. The summed E-state index contributed by atoms with van der Waals surface area (Å²) in [5, 5.41) is 94.6. The Bertz CT molecular complexity index is 6470. The van der Waals surface area contributed by atoms with Crippen molar-refractivity contribution in [2.45, 2.75) is 204 Å². The Balaban J connectivity index is 0.000000135. The molecule has 2 bridgehead atoms. The highest BCUT2D eigenvalue weighted by molar-refractivity contribution is 7.73. The lowest BCUT2D eigenvalue weighted by molar-refractivity contribution is -0.172. The maximum atomic E-state index is 14.6. The van der Waals surface area contributed by atoms with E-state index in [4.69, 9.17) is 79.2 Å². The number of fused-ring (bicyclic) bond motifs is 8. The number of ether oxygens (including phenoxy) is 7. The third-order valence-corrected chi connectivity index (χ3v) is 35.9. The van der Waals surface area contributed by atoms with Crippen LogP contribution in [0.5, 0.6) is 0 Å². The normalized spacial score (nSPS) is 30.5. The Kier molecular flexibility index (Phi) is 32.6. The van der Waals surface area contributed by atoms with Gasteiger partial charge in [-0.2, -0.15) is 0 Å². The second-order valence-corrected chi connectivity index (χ2v) is 69.3. The molecule has 40 nitrogen and oxygen atoms in total. The molecule has 0 saturated carbocycles. The standard InChI is InChI=1S/C16H23N4O3P.3C16H25N4O3P.C15H22ClN4O2P.C15H22FN4O2P/c1-24(2,3)7-5-16-8-22-12(13(16)21)15(23-16)20-9-19-11-10(17)4-6-18-14(11)20;1-16(6-8-24(2,3)4)13(22)12(21)15(23-16)20-9-19-11-10(17)5-7-18-14(11)20;2*1-16(22)13(21)11(6-8-24(2,3)4)23-15(16)20-9-19-12-10(17)5-7-18-14(12)20;2*1-23(2,3)7-5-10-13(21)11(16)15(22-10)20-8-19-12-9(17)4-6-18-14(12)20/h4,6,9,12-13,15,21H,1,5,7-8H2,2-3H3,(H2,17,18);5,7,9,12-13,15,21-22H,2,6,8H2,1,3-4H3,(H2,17,18);2*5,7,9,11,13,15,21-22H,2,6,8H2,1,3-4H3,(H2,17,18);2*4,6,8,10-11,13,15,21H,1,5,7H2,2-3H3,(H2,17,18)/t12-,13+,15?,16+;12-,13+,15?,16-;11?,13-,15?,16+;11?,13-,15?,16-;2*10?,11-,13-,15?/m111111/s1. The number of hydrogen-bond donors (Lipinski definition) is 15. The average molecular weight is 2100 g/mol. The second kappa shape index (κ2) is 42.3. The number of alkyl halides is 2. The number of hydrogen-bond acceptors (Lipinski definition) is 34. The molecule has 142 heavy (non-hydrogen) atoms. The van der Waals surface area contributed by atoms with Crippen molar-refractivity contribution >= 4 is 192 Å². The van der Waals surface area contributed by atoms with Crippen LogP contribution in [0.4, 0.5) is 38.5 Å². The van der Waals surface area contributed by atoms with Crippen LogP contribution in [0, 0.1) is 0 Å². The first kappa shape index (κ1) is 110. The topological polar surface area (TPSA) is 587 Å². The molecule has 19 rings (SSSR count). The summed E-state index contributed by atoms with van der Waals surface area (Å²) in [5.74, 6) is 0. The van der Waals surface area contributed by atoms with Gasteiger partial charge in [-0.1, -0.05) is 0 Å². The number of halogens is 2. The predicted molar refractivity (Wildman–Crippen MR) is 578 cm³/mol. The van der Waals surface area contributed by atoms with Crippen molar-refractivity contribution in [1.82, 2.24) is 87.2 Å². The quantitative estimate of drug-likeness (QED) is 0.0200. The zero-order valence-corrected chi connectivity index (χ0v) is 89.3. The largest absolute Gasteiger partial charge is 0.397 e. The fraction of sp³-hybridized carbons (Fsp3) is 0.553. The summed E-state index contributed by atoms with van der Waals surface area (Å²) in [4.78, 5) is 51.3. The van der Waals surface area contributed by atoms with Gasteiger partial charge in [0.1, 0.15) is 104 Å². The summed E-state index contributed by atoms with van der Waals surface area (Å²) in [5.41, 5.74) is 40.9. The van der Waals surface area contributed by atoms with Gasteiger partial charge in [0.2, 0.25) is 0 Å². The molecule has 0 radical (unpaired) electrons. The minimum atomic E-state index is -1.54. The lowest BCUT2D eigenvalue weighted by atomic mass is 9.95. The Hall–Kier alpha value is -8.10. The smallest absolute Gasteiger partial charge is 0.173 e. The molecule has 12 aromatic rings. The van der Waals surface area contributed by atoms with Crippen LogP contribution in [0.2, 0.25) is 0 Å². The highest BCUT2D eigenvalue weighted by atomic mass is 35.5. The lowest BCUT2D eigenvalue weighted by Crippen LogP contribution is -2.43. The molecule has 19 heterocycles. The van der Waals surface area contributed by atoms with E-state index in [2.05, 4.69) is 178 Å². The molecule has 7 aliphatic rings. The van der Waals surface area contributed by atoms with E-state index in [9.17, 15) is 50.3 Å². The monoisotopic (exact) mass is 2100 g/mol. The van der Waals surface area contributed by atoms with Gasteiger partial charge in [0.15, 0.2) is 77.4 Å². The predicted octanol–water partition coefficient (Wildman–Crippen LogP) is 8.19. The van der Waals surface area contributed by atoms with Gasteiger partial charge < -0.3 is 114 Å². The zero-order chi connectivity index (χ0) is 104. The lowest BCUT2D eigenvalue weighted by Gasteiger charge is -2.32. The molecule has 21 N–H and O–H groups in total. The number of nitrogen functional groups attached to an aromatic ring is 6. The first-order valence-electron chi connectivity index (χ1n) is 46.8. The van der Waals surface area contributed by atoms with E-state index in [1.807, 2.05) is 11.5 Å². The van der Waals surface area contributed by atoms with E-state index in [1.165, 1.54) is 10.9 Å². The highest BCUT2D eigenvalue weighted by Gasteiger charge is 2.62. The molecule has 0 amide bonds. The summed E-state index contributed by atoms with van der Waals surface area (Å²) in [6.45, 7) is 23.8. The van der Waals surface area contributed by atoms with Crippen molar-refractivity contribution in [2.24, 2.45) is 0 Å². The number of aliphatic hydroxyl groups is 9. The van der Waals surface area contributed by atoms with Crippen molar-refractivity contribution in [3.63, 3.8) is 0 Å². The van der Waals surface area contributed by atoms with Gasteiger partial charge in [-0.3, -0.25) is 27.4 Å². The van der Waals surface area contributed by atoms with Gasteiger partial charge in [-0.25, -0.2) is 64.2 Å². The molecule has 10 unspecified atom stereocenters. The summed E-state index contributed by atoms with van der Waals surface area (Å²) in [7, 11) is 0. The Morgan fingerprint density at radius 2 is 0.648 bits per heavy atom.